The summed E-state index contributed by atoms with van der Waals surface area (Å²) in [5, 5.41) is 9.99. The van der Waals surface area contributed by atoms with E-state index in [2.05, 4.69) is 19.5 Å². The molecule has 0 spiro atoms. The van der Waals surface area contributed by atoms with Gasteiger partial charge in [0.15, 0.2) is 23.9 Å². The fourth-order valence-corrected chi connectivity index (χ4v) is 2.64. The molecule has 13 heteroatoms. The van der Waals surface area contributed by atoms with Crippen LogP contribution in [0.4, 0.5) is 10.2 Å². The molecule has 0 aliphatic carbocycles. The van der Waals surface area contributed by atoms with Crippen molar-refractivity contribution in [2.75, 3.05) is 12.3 Å². The third-order valence-corrected chi connectivity index (χ3v) is 3.84. The Balaban J connectivity index is 1.85. The van der Waals surface area contributed by atoms with Crippen LogP contribution in [0.15, 0.2) is 12.7 Å². The molecule has 4 atom stereocenters. The lowest BCUT2D eigenvalue weighted by atomic mass is 10.1. The Morgan fingerprint density at radius 1 is 1.43 bits per heavy atom. The summed E-state index contributed by atoms with van der Waals surface area (Å²) in [5.74, 6) is 0.111. The number of imidazole rings is 1. The highest BCUT2D eigenvalue weighted by Gasteiger charge is 2.46. The van der Waals surface area contributed by atoms with Crippen LogP contribution >= 0.6 is 7.82 Å². The Morgan fingerprint density at radius 2 is 2.17 bits per heavy atom. The number of hydrogen-bond donors (Lipinski definition) is 4. The van der Waals surface area contributed by atoms with E-state index in [-0.39, 0.29) is 17.0 Å². The summed E-state index contributed by atoms with van der Waals surface area (Å²) in [7, 11) is -4.77. The van der Waals surface area contributed by atoms with E-state index in [0.29, 0.717) is 0 Å². The van der Waals surface area contributed by atoms with Crippen molar-refractivity contribution in [3.8, 4) is 0 Å². The van der Waals surface area contributed by atoms with Crippen LogP contribution in [0.1, 0.15) is 6.23 Å². The van der Waals surface area contributed by atoms with Gasteiger partial charge in [-0.05, 0) is 0 Å². The van der Waals surface area contributed by atoms with E-state index in [1.165, 1.54) is 17.2 Å². The van der Waals surface area contributed by atoms with Crippen LogP contribution < -0.4 is 5.73 Å². The maximum atomic E-state index is 14.1. The molecular formula is C10H13FN5O6P. The predicted octanol–water partition coefficient (Wildman–Crippen LogP) is -0.886. The van der Waals surface area contributed by atoms with Crippen LogP contribution in [0.5, 0.6) is 0 Å². The number of phosphoric ester groups is 1. The molecule has 23 heavy (non-hydrogen) atoms. The van der Waals surface area contributed by atoms with Gasteiger partial charge in [0.1, 0.15) is 24.1 Å². The molecule has 0 bridgehead atoms. The maximum absolute atomic E-state index is 14.1. The number of ether oxygens (including phenoxy) is 1. The Hall–Kier alpha value is -1.69. The van der Waals surface area contributed by atoms with Crippen molar-refractivity contribution >= 4 is 24.8 Å². The first-order valence-corrected chi connectivity index (χ1v) is 7.91. The number of phosphoric acid groups is 1. The van der Waals surface area contributed by atoms with E-state index in [4.69, 9.17) is 20.3 Å². The molecule has 0 amide bonds. The second-order valence-electron chi connectivity index (χ2n) is 4.87. The van der Waals surface area contributed by atoms with Gasteiger partial charge in [0.2, 0.25) is 0 Å². The van der Waals surface area contributed by atoms with Crippen LogP contribution in [0.3, 0.4) is 0 Å². The largest absolute Gasteiger partial charge is 0.469 e. The zero-order valence-corrected chi connectivity index (χ0v) is 12.3. The van der Waals surface area contributed by atoms with Gasteiger partial charge in [0.25, 0.3) is 0 Å². The summed E-state index contributed by atoms with van der Waals surface area (Å²) in [4.78, 5) is 29.0. The van der Waals surface area contributed by atoms with Crippen LogP contribution in [-0.2, 0) is 13.8 Å². The quantitative estimate of drug-likeness (QED) is 0.509. The second kappa shape index (κ2) is 5.74. The smallest absolute Gasteiger partial charge is 0.385 e. The minimum Gasteiger partial charge on any atom is -0.385 e. The molecule has 2 aromatic rings. The molecular weight excluding hydrogens is 336 g/mol. The summed E-state index contributed by atoms with van der Waals surface area (Å²) >= 11 is 0. The Labute approximate surface area is 128 Å². The summed E-state index contributed by atoms with van der Waals surface area (Å²) in [5.41, 5.74) is 6.13. The van der Waals surface area contributed by atoms with Crippen LogP contribution in [0.25, 0.3) is 11.2 Å². The molecule has 0 aromatic carbocycles. The molecule has 1 aliphatic rings. The molecule has 0 radical (unpaired) electrons. The first kappa shape index (κ1) is 16.2. The number of rotatable bonds is 4. The number of nitrogen functional groups attached to an aromatic ring is 1. The first-order chi connectivity index (χ1) is 10.8. The number of aliphatic hydroxyl groups is 1. The maximum Gasteiger partial charge on any atom is 0.469 e. The van der Waals surface area contributed by atoms with Crippen LogP contribution in [0, 0.1) is 0 Å². The topological polar surface area (TPSA) is 166 Å². The Bertz CT molecular complexity index is 767. The molecule has 5 N–H and O–H groups in total. The molecule has 1 aliphatic heterocycles. The summed E-state index contributed by atoms with van der Waals surface area (Å²) in [6, 6.07) is 0. The minimum absolute atomic E-state index is 0.111. The number of anilines is 1. The second-order valence-corrected chi connectivity index (χ2v) is 6.11. The number of aromatic nitrogens is 4. The number of nitrogens with zero attached hydrogens (tertiary/aromatic N) is 4. The number of hydrogen-bond acceptors (Lipinski definition) is 8. The third kappa shape index (κ3) is 3.04. The van der Waals surface area contributed by atoms with Gasteiger partial charge in [0.05, 0.1) is 12.9 Å². The number of aliphatic hydroxyl groups excluding tert-OH is 1. The lowest BCUT2D eigenvalue weighted by Crippen LogP contribution is -2.30. The van der Waals surface area contributed by atoms with Gasteiger partial charge in [-0.3, -0.25) is 9.09 Å². The first-order valence-electron chi connectivity index (χ1n) is 6.38. The van der Waals surface area contributed by atoms with E-state index < -0.39 is 39.0 Å². The number of halogens is 1. The molecule has 2 aromatic heterocycles. The van der Waals surface area contributed by atoms with Crippen molar-refractivity contribution in [1.82, 2.24) is 19.5 Å². The molecule has 126 valence electrons. The van der Waals surface area contributed by atoms with E-state index in [1.54, 1.807) is 0 Å². The molecule has 0 saturated carbocycles. The van der Waals surface area contributed by atoms with Crippen molar-refractivity contribution in [3.05, 3.63) is 12.7 Å². The molecule has 11 nitrogen and oxygen atoms in total. The fourth-order valence-electron chi connectivity index (χ4n) is 2.30. The lowest BCUT2D eigenvalue weighted by Gasteiger charge is -2.16. The highest BCUT2D eigenvalue weighted by Crippen LogP contribution is 2.39. The molecule has 1 fully saturated rings. The lowest BCUT2D eigenvalue weighted by molar-refractivity contribution is -0.0489. The van der Waals surface area contributed by atoms with Crippen LogP contribution in [0.2, 0.25) is 0 Å². The van der Waals surface area contributed by atoms with Crippen LogP contribution in [-0.4, -0.2) is 59.4 Å². The van der Waals surface area contributed by atoms with Crippen molar-refractivity contribution in [3.63, 3.8) is 0 Å². The van der Waals surface area contributed by atoms with Crippen molar-refractivity contribution in [2.45, 2.75) is 24.6 Å². The Morgan fingerprint density at radius 3 is 2.87 bits per heavy atom. The highest BCUT2D eigenvalue weighted by molar-refractivity contribution is 7.46. The monoisotopic (exact) mass is 349 g/mol. The molecule has 3 heterocycles. The molecule has 3 rings (SSSR count). The van der Waals surface area contributed by atoms with Gasteiger partial charge in [-0.15, -0.1) is 0 Å². The van der Waals surface area contributed by atoms with Gasteiger partial charge >= 0.3 is 7.82 Å². The summed E-state index contributed by atoms with van der Waals surface area (Å²) in [6.07, 6.45) is -3.65. The molecule has 0 unspecified atom stereocenters. The van der Waals surface area contributed by atoms with E-state index >= 15 is 0 Å². The third-order valence-electron chi connectivity index (χ3n) is 3.36. The normalized spacial score (nSPS) is 28.5. The van der Waals surface area contributed by atoms with E-state index in [1.807, 2.05) is 0 Å². The van der Waals surface area contributed by atoms with Gasteiger partial charge in [-0.2, -0.15) is 0 Å². The van der Waals surface area contributed by atoms with E-state index in [0.717, 1.165) is 0 Å². The molecule has 1 saturated heterocycles. The zero-order valence-electron chi connectivity index (χ0n) is 11.4. The van der Waals surface area contributed by atoms with Crippen molar-refractivity contribution < 1.29 is 33.1 Å². The average Bonchev–Trinajstić information content (AvgIpc) is 3.01. The SMILES string of the molecule is Nc1ncnc2c1ncn2[C@@H]1O[C@H](COP(=O)(O)O)[C@@H](F)[C@H]1O. The van der Waals surface area contributed by atoms with Crippen molar-refractivity contribution in [1.29, 1.82) is 0 Å². The van der Waals surface area contributed by atoms with Gasteiger partial charge in [0, 0.05) is 0 Å². The van der Waals surface area contributed by atoms with Gasteiger partial charge in [-0.25, -0.2) is 23.9 Å². The van der Waals surface area contributed by atoms with Gasteiger partial charge < -0.3 is 25.4 Å². The average molecular weight is 349 g/mol. The number of alkyl halides is 1. The zero-order chi connectivity index (χ0) is 16.8. The highest BCUT2D eigenvalue weighted by atomic mass is 31.2. The van der Waals surface area contributed by atoms with Crippen molar-refractivity contribution in [2.24, 2.45) is 0 Å². The number of fused-ring (bicyclic) bond motifs is 1. The standard InChI is InChI=1S/C10H13FN5O6P/c11-5-4(1-21-23(18,19)20)22-10(7(5)17)16-3-15-6-8(12)13-2-14-9(6)16/h2-5,7,10,17H,1H2,(H2,12,13,14)(H2,18,19,20)/t4-,5-,7-,10-/m1/s1. The van der Waals surface area contributed by atoms with E-state index in [9.17, 15) is 14.1 Å². The summed E-state index contributed by atoms with van der Waals surface area (Å²) < 4.78 is 35.6. The fraction of sp³-hybridized carbons (Fsp3) is 0.500. The van der Waals surface area contributed by atoms with Gasteiger partial charge in [-0.1, -0.05) is 0 Å². The predicted molar refractivity (Wildman–Crippen MR) is 72.5 cm³/mol. The Kier molecular flexibility index (Phi) is 4.04. The number of nitrogens with two attached hydrogens (primary N) is 1. The summed E-state index contributed by atoms with van der Waals surface area (Å²) in [6.45, 7) is -0.719. The minimum atomic E-state index is -4.77.